The van der Waals surface area contributed by atoms with Gasteiger partial charge < -0.3 is 10.3 Å². The van der Waals surface area contributed by atoms with Crippen molar-refractivity contribution in [3.8, 4) is 11.5 Å². The van der Waals surface area contributed by atoms with E-state index in [1.54, 1.807) is 18.2 Å². The van der Waals surface area contributed by atoms with Gasteiger partial charge in [0.1, 0.15) is 0 Å². The molecule has 1 heterocycles. The summed E-state index contributed by atoms with van der Waals surface area (Å²) in [5, 5.41) is 5.05. The van der Waals surface area contributed by atoms with E-state index >= 15 is 0 Å². The molecule has 0 saturated heterocycles. The molecular formula is C15H17Cl2N3O. The maximum absolute atomic E-state index is 6.49. The van der Waals surface area contributed by atoms with E-state index in [1.165, 1.54) is 6.42 Å². The number of halogens is 2. The van der Waals surface area contributed by atoms with Crippen LogP contribution in [0.1, 0.15) is 38.4 Å². The first-order chi connectivity index (χ1) is 9.99. The molecule has 1 aromatic heterocycles. The van der Waals surface area contributed by atoms with Crippen molar-refractivity contribution in [2.24, 2.45) is 11.7 Å². The predicted molar refractivity (Wildman–Crippen MR) is 83.3 cm³/mol. The van der Waals surface area contributed by atoms with Crippen molar-refractivity contribution in [2.45, 2.75) is 38.1 Å². The number of hydrogen-bond acceptors (Lipinski definition) is 4. The molecule has 2 atom stereocenters. The van der Waals surface area contributed by atoms with Gasteiger partial charge in [-0.2, -0.15) is 4.98 Å². The topological polar surface area (TPSA) is 64.9 Å². The van der Waals surface area contributed by atoms with E-state index in [4.69, 9.17) is 33.5 Å². The van der Waals surface area contributed by atoms with Crippen molar-refractivity contribution >= 4 is 23.2 Å². The van der Waals surface area contributed by atoms with Crippen LogP contribution in [0.25, 0.3) is 11.5 Å². The summed E-state index contributed by atoms with van der Waals surface area (Å²) in [4.78, 5) is 4.46. The summed E-state index contributed by atoms with van der Waals surface area (Å²) in [5.74, 6) is 1.43. The number of hydrogen-bond donors (Lipinski definition) is 1. The predicted octanol–water partition coefficient (Wildman–Crippen LogP) is 4.41. The third-order valence-corrected chi connectivity index (χ3v) is 4.71. The molecule has 0 spiro atoms. The van der Waals surface area contributed by atoms with Gasteiger partial charge in [-0.1, -0.05) is 54.2 Å². The smallest absolute Gasteiger partial charge is 0.261 e. The summed E-state index contributed by atoms with van der Waals surface area (Å²) in [5.41, 5.74) is 6.53. The van der Waals surface area contributed by atoms with Crippen LogP contribution in [0.4, 0.5) is 0 Å². The molecule has 4 nitrogen and oxygen atoms in total. The lowest BCUT2D eigenvalue weighted by Crippen LogP contribution is -2.42. The van der Waals surface area contributed by atoms with Gasteiger partial charge in [0.25, 0.3) is 5.89 Å². The van der Waals surface area contributed by atoms with Crippen molar-refractivity contribution in [3.05, 3.63) is 34.1 Å². The van der Waals surface area contributed by atoms with Crippen LogP contribution in [0.2, 0.25) is 10.0 Å². The third kappa shape index (κ3) is 2.80. The van der Waals surface area contributed by atoms with Crippen LogP contribution in [0.5, 0.6) is 0 Å². The molecule has 0 radical (unpaired) electrons. The molecule has 2 unspecified atom stereocenters. The highest BCUT2D eigenvalue weighted by atomic mass is 35.5. The average molecular weight is 326 g/mol. The summed E-state index contributed by atoms with van der Waals surface area (Å²) >= 11 is 12.3. The summed E-state index contributed by atoms with van der Waals surface area (Å²) in [6.07, 6.45) is 4.00. The maximum atomic E-state index is 6.49. The Bertz CT molecular complexity index is 638. The highest BCUT2D eigenvalue weighted by molar-refractivity contribution is 6.38. The lowest BCUT2D eigenvalue weighted by atomic mass is 9.76. The first kappa shape index (κ1) is 14.8. The van der Waals surface area contributed by atoms with Crippen molar-refractivity contribution in [2.75, 3.05) is 0 Å². The van der Waals surface area contributed by atoms with Gasteiger partial charge in [0.15, 0.2) is 5.82 Å². The number of aromatic nitrogens is 2. The fourth-order valence-corrected chi connectivity index (χ4v) is 3.58. The Morgan fingerprint density at radius 3 is 2.71 bits per heavy atom. The molecule has 0 aliphatic heterocycles. The largest absolute Gasteiger partial charge is 0.334 e. The molecule has 6 heteroatoms. The lowest BCUT2D eigenvalue weighted by molar-refractivity contribution is 0.222. The monoisotopic (exact) mass is 325 g/mol. The minimum Gasteiger partial charge on any atom is -0.334 e. The highest BCUT2D eigenvalue weighted by Crippen LogP contribution is 2.39. The second-order valence-corrected chi connectivity index (χ2v) is 6.69. The fraction of sp³-hybridized carbons (Fsp3) is 0.467. The Kier molecular flexibility index (Phi) is 3.95. The van der Waals surface area contributed by atoms with Gasteiger partial charge in [-0.25, -0.2) is 0 Å². The van der Waals surface area contributed by atoms with Crippen LogP contribution >= 0.6 is 23.2 Å². The Labute approximate surface area is 133 Å². The van der Waals surface area contributed by atoms with E-state index in [0.717, 1.165) is 19.3 Å². The molecule has 1 saturated carbocycles. The Balaban J connectivity index is 1.97. The van der Waals surface area contributed by atoms with E-state index in [0.29, 0.717) is 33.2 Å². The van der Waals surface area contributed by atoms with E-state index < -0.39 is 5.54 Å². The van der Waals surface area contributed by atoms with Gasteiger partial charge in [-0.15, -0.1) is 0 Å². The van der Waals surface area contributed by atoms with Crippen LogP contribution in [-0.4, -0.2) is 10.1 Å². The standard InChI is InChI=1S/C15H17Cl2N3O/c1-9-4-3-7-15(18,8-9)14-19-13(21-20-14)12-10(16)5-2-6-11(12)17/h2,5-6,9H,3-4,7-8,18H2,1H3. The summed E-state index contributed by atoms with van der Waals surface area (Å²) in [6.45, 7) is 2.20. The minimum atomic E-state index is -0.521. The van der Waals surface area contributed by atoms with E-state index in [2.05, 4.69) is 17.1 Å². The second-order valence-electron chi connectivity index (χ2n) is 5.88. The molecule has 3 rings (SSSR count). The maximum Gasteiger partial charge on any atom is 0.261 e. The molecule has 1 aliphatic carbocycles. The molecule has 0 bridgehead atoms. The van der Waals surface area contributed by atoms with E-state index in [-0.39, 0.29) is 0 Å². The molecule has 21 heavy (non-hydrogen) atoms. The van der Waals surface area contributed by atoms with Gasteiger partial charge in [0.05, 0.1) is 21.1 Å². The molecule has 112 valence electrons. The molecule has 0 amide bonds. The van der Waals surface area contributed by atoms with Crippen LogP contribution in [0, 0.1) is 5.92 Å². The molecule has 2 N–H and O–H groups in total. The Morgan fingerprint density at radius 2 is 2.05 bits per heavy atom. The van der Waals surface area contributed by atoms with Crippen LogP contribution in [0.15, 0.2) is 22.7 Å². The van der Waals surface area contributed by atoms with E-state index in [1.807, 2.05) is 0 Å². The number of benzene rings is 1. The SMILES string of the molecule is CC1CCCC(N)(c2noc(-c3c(Cl)cccc3Cl)n2)C1. The number of nitrogens with two attached hydrogens (primary N) is 1. The normalized spacial score (nSPS) is 26.0. The molecule has 1 aliphatic rings. The average Bonchev–Trinajstić information content (AvgIpc) is 2.88. The molecular weight excluding hydrogens is 309 g/mol. The first-order valence-corrected chi connectivity index (χ1v) is 7.83. The van der Waals surface area contributed by atoms with Crippen molar-refractivity contribution in [3.63, 3.8) is 0 Å². The summed E-state index contributed by atoms with van der Waals surface area (Å²) < 4.78 is 5.36. The minimum absolute atomic E-state index is 0.323. The molecule has 1 aromatic carbocycles. The Morgan fingerprint density at radius 1 is 1.33 bits per heavy atom. The number of nitrogens with zero attached hydrogens (tertiary/aromatic N) is 2. The van der Waals surface area contributed by atoms with Crippen molar-refractivity contribution in [1.29, 1.82) is 0 Å². The van der Waals surface area contributed by atoms with Gasteiger partial charge in [0.2, 0.25) is 0 Å². The quantitative estimate of drug-likeness (QED) is 0.888. The first-order valence-electron chi connectivity index (χ1n) is 7.07. The molecule has 2 aromatic rings. The summed E-state index contributed by atoms with van der Waals surface area (Å²) in [6, 6.07) is 5.26. The van der Waals surface area contributed by atoms with Gasteiger partial charge in [0, 0.05) is 0 Å². The van der Waals surface area contributed by atoms with Crippen LogP contribution in [0.3, 0.4) is 0 Å². The van der Waals surface area contributed by atoms with Crippen LogP contribution in [-0.2, 0) is 5.54 Å². The second kappa shape index (κ2) is 5.59. The lowest BCUT2D eigenvalue weighted by Gasteiger charge is -2.33. The van der Waals surface area contributed by atoms with Gasteiger partial charge >= 0.3 is 0 Å². The van der Waals surface area contributed by atoms with Crippen molar-refractivity contribution in [1.82, 2.24) is 10.1 Å². The number of rotatable bonds is 2. The van der Waals surface area contributed by atoms with Crippen LogP contribution < -0.4 is 5.73 Å². The van der Waals surface area contributed by atoms with Gasteiger partial charge in [-0.05, 0) is 30.9 Å². The highest BCUT2D eigenvalue weighted by Gasteiger charge is 2.37. The van der Waals surface area contributed by atoms with E-state index in [9.17, 15) is 0 Å². The summed E-state index contributed by atoms with van der Waals surface area (Å²) in [7, 11) is 0. The molecule has 1 fully saturated rings. The Hall–Kier alpha value is -1.10. The zero-order chi connectivity index (χ0) is 15.0. The van der Waals surface area contributed by atoms with Crippen molar-refractivity contribution < 1.29 is 4.52 Å². The fourth-order valence-electron chi connectivity index (χ4n) is 3.02. The van der Waals surface area contributed by atoms with Gasteiger partial charge in [-0.3, -0.25) is 0 Å². The zero-order valence-corrected chi connectivity index (χ0v) is 13.3. The third-order valence-electron chi connectivity index (χ3n) is 4.08. The zero-order valence-electron chi connectivity index (χ0n) is 11.8.